The zero-order chi connectivity index (χ0) is 33.0. The van der Waals surface area contributed by atoms with Gasteiger partial charge in [-0.05, 0) is 60.9 Å². The van der Waals surface area contributed by atoms with Crippen LogP contribution in [0.3, 0.4) is 0 Å². The Morgan fingerprint density at radius 1 is 0.804 bits per heavy atom. The standard InChI is InChI=1S/C38H46N2O6/c1-3-5-17-33(24-29-13-8-6-9-14-29)38(44)45-23-22-39-37(43)32(12-4-2)26-36(42)40-34(27-41)25-30-18-20-35(21-19-30)46-28-31-15-10-7-11-16-31/h3-4,6-11,13-16,18-21,32-34,41H,1-2,5,12,17,22-28H2,(H,39,43)(H,40,42). The third kappa shape index (κ3) is 13.1. The second kappa shape index (κ2) is 20.4. The molecule has 3 aromatic carbocycles. The SMILES string of the molecule is C=CCCC(Cc1ccccc1)C(=O)OCCNC(=O)C(CC=C)CC(=O)NC(CO)Cc1ccc(OCc2ccccc2)cc1. The molecule has 0 fully saturated rings. The second-order valence-corrected chi connectivity index (χ2v) is 11.2. The van der Waals surface area contributed by atoms with E-state index in [0.29, 0.717) is 38.7 Å². The lowest BCUT2D eigenvalue weighted by Crippen LogP contribution is -2.42. The second-order valence-electron chi connectivity index (χ2n) is 11.2. The number of carbonyl (C=O) groups excluding carboxylic acids is 3. The van der Waals surface area contributed by atoms with Crippen LogP contribution >= 0.6 is 0 Å². The first-order valence-corrected chi connectivity index (χ1v) is 15.8. The van der Waals surface area contributed by atoms with Gasteiger partial charge in [-0.15, -0.1) is 13.2 Å². The number of allylic oxidation sites excluding steroid dienone is 2. The summed E-state index contributed by atoms with van der Waals surface area (Å²) in [5.74, 6) is -1.21. The van der Waals surface area contributed by atoms with Gasteiger partial charge < -0.3 is 25.2 Å². The number of carbonyl (C=O) groups is 3. The fraction of sp³-hybridized carbons (Fsp3) is 0.342. The van der Waals surface area contributed by atoms with E-state index in [1.165, 1.54) is 0 Å². The van der Waals surface area contributed by atoms with Crippen LogP contribution in [-0.4, -0.2) is 48.7 Å². The van der Waals surface area contributed by atoms with Crippen molar-refractivity contribution in [3.63, 3.8) is 0 Å². The monoisotopic (exact) mass is 626 g/mol. The van der Waals surface area contributed by atoms with Gasteiger partial charge in [0.25, 0.3) is 0 Å². The van der Waals surface area contributed by atoms with Crippen LogP contribution in [0.4, 0.5) is 0 Å². The van der Waals surface area contributed by atoms with E-state index in [1.54, 1.807) is 12.2 Å². The number of rotatable bonds is 21. The van der Waals surface area contributed by atoms with Crippen molar-refractivity contribution in [2.24, 2.45) is 11.8 Å². The molecule has 0 heterocycles. The fourth-order valence-electron chi connectivity index (χ4n) is 5.01. The van der Waals surface area contributed by atoms with E-state index in [4.69, 9.17) is 9.47 Å². The highest BCUT2D eigenvalue weighted by atomic mass is 16.5. The first kappa shape index (κ1) is 35.8. The Labute approximate surface area is 272 Å². The number of nitrogens with one attached hydrogen (secondary N) is 2. The molecule has 244 valence electrons. The zero-order valence-electron chi connectivity index (χ0n) is 26.4. The minimum atomic E-state index is -0.646. The number of hydrogen-bond donors (Lipinski definition) is 3. The molecule has 0 saturated carbocycles. The van der Waals surface area contributed by atoms with Crippen molar-refractivity contribution in [3.05, 3.63) is 127 Å². The number of aliphatic hydroxyl groups excluding tert-OH is 1. The molecular weight excluding hydrogens is 580 g/mol. The first-order chi connectivity index (χ1) is 22.4. The Morgan fingerprint density at radius 2 is 1.46 bits per heavy atom. The number of hydrogen-bond acceptors (Lipinski definition) is 6. The van der Waals surface area contributed by atoms with Gasteiger partial charge in [0.05, 0.1) is 31.0 Å². The Bertz CT molecular complexity index is 1360. The average Bonchev–Trinajstić information content (AvgIpc) is 3.08. The van der Waals surface area contributed by atoms with Crippen LogP contribution < -0.4 is 15.4 Å². The highest BCUT2D eigenvalue weighted by Gasteiger charge is 2.23. The Balaban J connectivity index is 1.42. The molecule has 8 heteroatoms. The Hall–Kier alpha value is -4.69. The van der Waals surface area contributed by atoms with E-state index < -0.39 is 12.0 Å². The van der Waals surface area contributed by atoms with E-state index in [-0.39, 0.29) is 49.9 Å². The molecule has 2 amide bonds. The maximum absolute atomic E-state index is 12.9. The van der Waals surface area contributed by atoms with Gasteiger partial charge in [0, 0.05) is 6.42 Å². The molecular formula is C38H46N2O6. The summed E-state index contributed by atoms with van der Waals surface area (Å²) in [6.07, 6.45) is 5.92. The Morgan fingerprint density at radius 3 is 2.09 bits per heavy atom. The molecule has 8 nitrogen and oxygen atoms in total. The van der Waals surface area contributed by atoms with Crippen LogP contribution in [0.1, 0.15) is 42.4 Å². The molecule has 0 radical (unpaired) electrons. The Kier molecular flexibility index (Phi) is 15.8. The van der Waals surface area contributed by atoms with Crippen LogP contribution in [0.5, 0.6) is 5.75 Å². The average molecular weight is 627 g/mol. The lowest BCUT2D eigenvalue weighted by molar-refractivity contribution is -0.149. The van der Waals surface area contributed by atoms with Crippen molar-refractivity contribution in [1.82, 2.24) is 10.6 Å². The number of amides is 2. The summed E-state index contributed by atoms with van der Waals surface area (Å²) in [5, 5.41) is 15.5. The lowest BCUT2D eigenvalue weighted by Gasteiger charge is -2.20. The van der Waals surface area contributed by atoms with E-state index in [9.17, 15) is 19.5 Å². The molecule has 0 saturated heterocycles. The van der Waals surface area contributed by atoms with Crippen molar-refractivity contribution in [1.29, 1.82) is 0 Å². The van der Waals surface area contributed by atoms with Crippen LogP contribution in [0.25, 0.3) is 0 Å². The molecule has 0 bridgehead atoms. The number of esters is 1. The number of benzene rings is 3. The first-order valence-electron chi connectivity index (χ1n) is 15.8. The summed E-state index contributed by atoms with van der Waals surface area (Å²) in [7, 11) is 0. The molecule has 0 aliphatic rings. The summed E-state index contributed by atoms with van der Waals surface area (Å²) in [6, 6.07) is 26.7. The lowest BCUT2D eigenvalue weighted by atomic mass is 9.95. The zero-order valence-corrected chi connectivity index (χ0v) is 26.4. The van der Waals surface area contributed by atoms with Crippen molar-refractivity contribution >= 4 is 17.8 Å². The van der Waals surface area contributed by atoms with Gasteiger partial charge in [-0.3, -0.25) is 14.4 Å². The van der Waals surface area contributed by atoms with Gasteiger partial charge >= 0.3 is 5.97 Å². The maximum Gasteiger partial charge on any atom is 0.309 e. The van der Waals surface area contributed by atoms with Crippen molar-refractivity contribution in [2.75, 3.05) is 19.8 Å². The molecule has 0 aliphatic carbocycles. The van der Waals surface area contributed by atoms with Gasteiger partial charge in [0.2, 0.25) is 11.8 Å². The van der Waals surface area contributed by atoms with Gasteiger partial charge in [0.1, 0.15) is 19.0 Å². The topological polar surface area (TPSA) is 114 Å². The van der Waals surface area contributed by atoms with Gasteiger partial charge in [-0.2, -0.15) is 0 Å². The number of aliphatic hydroxyl groups is 1. The predicted octanol–water partition coefficient (Wildman–Crippen LogP) is 5.35. The molecule has 0 spiro atoms. The van der Waals surface area contributed by atoms with Crippen LogP contribution in [0, 0.1) is 11.8 Å². The fourth-order valence-corrected chi connectivity index (χ4v) is 5.01. The smallest absolute Gasteiger partial charge is 0.309 e. The molecule has 3 aromatic rings. The highest BCUT2D eigenvalue weighted by Crippen LogP contribution is 2.18. The van der Waals surface area contributed by atoms with Gasteiger partial charge in [0.15, 0.2) is 0 Å². The van der Waals surface area contributed by atoms with Crippen LogP contribution in [0.2, 0.25) is 0 Å². The minimum absolute atomic E-state index is 0.0274. The highest BCUT2D eigenvalue weighted by molar-refractivity contribution is 5.86. The normalized spacial score (nSPS) is 12.6. The molecule has 46 heavy (non-hydrogen) atoms. The van der Waals surface area contributed by atoms with E-state index in [0.717, 1.165) is 22.4 Å². The van der Waals surface area contributed by atoms with Crippen molar-refractivity contribution in [2.45, 2.75) is 51.2 Å². The third-order valence-electron chi connectivity index (χ3n) is 7.52. The summed E-state index contributed by atoms with van der Waals surface area (Å²) in [5.41, 5.74) is 3.05. The number of ether oxygens (including phenoxy) is 2. The summed E-state index contributed by atoms with van der Waals surface area (Å²) in [4.78, 5) is 38.5. The molecule has 3 unspecified atom stereocenters. The minimum Gasteiger partial charge on any atom is -0.489 e. The predicted molar refractivity (Wildman–Crippen MR) is 180 cm³/mol. The largest absolute Gasteiger partial charge is 0.489 e. The molecule has 0 aliphatic heterocycles. The van der Waals surface area contributed by atoms with Crippen LogP contribution in [0.15, 0.2) is 110 Å². The molecule has 3 rings (SSSR count). The summed E-state index contributed by atoms with van der Waals surface area (Å²) < 4.78 is 11.3. The third-order valence-corrected chi connectivity index (χ3v) is 7.52. The molecule has 3 N–H and O–H groups in total. The van der Waals surface area contributed by atoms with E-state index in [1.807, 2.05) is 84.9 Å². The van der Waals surface area contributed by atoms with E-state index >= 15 is 0 Å². The van der Waals surface area contributed by atoms with Crippen LogP contribution in [-0.2, 0) is 38.6 Å². The molecule has 3 atom stereocenters. The molecule has 0 aromatic heterocycles. The van der Waals surface area contributed by atoms with Gasteiger partial charge in [-0.1, -0.05) is 84.9 Å². The quantitative estimate of drug-likeness (QED) is 0.0835. The van der Waals surface area contributed by atoms with Crippen molar-refractivity contribution in [3.8, 4) is 5.75 Å². The van der Waals surface area contributed by atoms with Crippen molar-refractivity contribution < 1.29 is 29.0 Å². The summed E-state index contributed by atoms with van der Waals surface area (Å²) in [6.45, 7) is 7.84. The van der Waals surface area contributed by atoms with E-state index in [2.05, 4.69) is 23.8 Å². The van der Waals surface area contributed by atoms with Gasteiger partial charge in [-0.25, -0.2) is 0 Å². The summed E-state index contributed by atoms with van der Waals surface area (Å²) >= 11 is 0. The maximum atomic E-state index is 12.9.